The second-order valence-corrected chi connectivity index (χ2v) is 42.3. The molecule has 13 aliphatic rings. The first-order valence-corrected chi connectivity index (χ1v) is 48.0. The Morgan fingerprint density at radius 1 is 0.411 bits per heavy atom. The number of hydrogen-bond acceptors (Lipinski definition) is 37. The van der Waals surface area contributed by atoms with Gasteiger partial charge in [0.25, 0.3) is 11.8 Å². The van der Waals surface area contributed by atoms with E-state index in [1.807, 2.05) is 44.4 Å². The quantitative estimate of drug-likeness (QED) is 0.0179. The maximum atomic E-state index is 13.7. The molecule has 141 heavy (non-hydrogen) atoms. The number of piperidine rings is 3. The molecule has 6 aliphatic carbocycles. The number of carboxylic acids is 2. The Labute approximate surface area is 824 Å². The molecule has 16 rings (SSSR count). The molecule has 7 aliphatic heterocycles. The monoisotopic (exact) mass is 2020 g/mol. The van der Waals surface area contributed by atoms with E-state index in [1.165, 1.54) is 0 Å². The number of carbonyl (C=O) groups excluding carboxylic acids is 13. The van der Waals surface area contributed by atoms with Crippen molar-refractivity contribution in [1.29, 1.82) is 0 Å². The Kier molecular flexibility index (Phi) is 32.7. The van der Waals surface area contributed by atoms with Crippen LogP contribution in [0.4, 0.5) is 0 Å². The SMILES string of the molecule is CC(C)(C)OC(=O)CCC(=O)O[C@@H](CC(=O)OC(C)(C)C)C(=O)ON1C(=O)CCC1=O.CN1CC[C@]23c4c5ccc(CO)c4O[C@H]2C(=O)CC[C@@]3(O)[C@H]1C5.CN1CC[C@]23c4c5ccc(CO)c4O[C@H]2C(OC(=O)[C@H](CC(=O)O)OC(=O)CCC(=O)O)=CC[C@@]3(O)[C@H]1C5.CN1CC[C@]23c4c5ccc(CO)c4O[C@H]2C(OC(=O)[C@H](CC(=O)OC(C)(C)C)OC(=O)CCC(=O)OC(C)(C)C)=CC[C@@]3(O)[C@H]1C5.ClCCl. The van der Waals surface area contributed by atoms with E-state index in [0.717, 1.165) is 58.3 Å². The van der Waals surface area contributed by atoms with Gasteiger partial charge in [0.15, 0.2) is 24.1 Å². The number of halogens is 2. The van der Waals surface area contributed by atoms with Crippen molar-refractivity contribution in [3.63, 3.8) is 0 Å². The largest absolute Gasteiger partial charge is 0.481 e. The van der Waals surface area contributed by atoms with Gasteiger partial charge in [-0.15, -0.1) is 28.3 Å². The van der Waals surface area contributed by atoms with Crippen LogP contribution in [0.3, 0.4) is 0 Å². The minimum Gasteiger partial charge on any atom is -0.481 e. The second kappa shape index (κ2) is 42.3. The maximum Gasteiger partial charge on any atom is 0.374 e. The summed E-state index contributed by atoms with van der Waals surface area (Å²) in [4.78, 5) is 194. The number of aliphatic carboxylic acids is 2. The lowest BCUT2D eigenvalue weighted by molar-refractivity contribution is -0.207. The lowest BCUT2D eigenvalue weighted by Crippen LogP contribution is -2.76. The average molecular weight is 2020 g/mol. The number of amides is 2. The van der Waals surface area contributed by atoms with Crippen LogP contribution in [0.5, 0.6) is 17.2 Å². The number of aliphatic hydroxyl groups excluding tert-OH is 3. The zero-order chi connectivity index (χ0) is 104. The molecule has 40 nitrogen and oxygen atoms in total. The number of esters is 9. The van der Waals surface area contributed by atoms with Crippen LogP contribution in [-0.2, 0) is 175 Å². The topological polar surface area (TPSA) is 551 Å². The number of ether oxygens (including phenoxy) is 12. The van der Waals surface area contributed by atoms with Gasteiger partial charge in [0, 0.05) is 83.6 Å². The number of benzene rings is 3. The van der Waals surface area contributed by atoms with Gasteiger partial charge in [-0.2, -0.15) is 0 Å². The third kappa shape index (κ3) is 22.2. The predicted octanol–water partition coefficient (Wildman–Crippen LogP) is 6.33. The highest BCUT2D eigenvalue weighted by Gasteiger charge is 2.76. The van der Waals surface area contributed by atoms with Crippen LogP contribution in [0.2, 0.25) is 0 Å². The first kappa shape index (κ1) is 109. The van der Waals surface area contributed by atoms with Crippen molar-refractivity contribution in [2.45, 2.75) is 348 Å². The van der Waals surface area contributed by atoms with Crippen LogP contribution in [0.1, 0.15) is 249 Å². The molecule has 3 spiro atoms. The Bertz CT molecular complexity index is 5480. The van der Waals surface area contributed by atoms with Gasteiger partial charge in [0.05, 0.1) is 116 Å². The lowest BCUT2D eigenvalue weighted by Gasteiger charge is -2.62. The summed E-state index contributed by atoms with van der Waals surface area (Å²) >= 11 is 9.53. The number of alkyl halides is 2. The number of hydroxylamine groups is 2. The van der Waals surface area contributed by atoms with Crippen molar-refractivity contribution in [2.75, 3.05) is 46.1 Å². The summed E-state index contributed by atoms with van der Waals surface area (Å²) in [6.07, 6.45) is -4.63. The molecule has 772 valence electrons. The van der Waals surface area contributed by atoms with Crippen molar-refractivity contribution in [2.24, 2.45) is 0 Å². The molecule has 5 fully saturated rings. The number of carboxylic acid groups (broad SMARTS) is 2. The summed E-state index contributed by atoms with van der Waals surface area (Å²) in [6, 6.07) is 11.0. The molecule has 42 heteroatoms. The molecule has 2 amide bonds. The number of hydrogen-bond donors (Lipinski definition) is 8. The van der Waals surface area contributed by atoms with Crippen LogP contribution in [0.25, 0.3) is 0 Å². The fraction of sp³-hybridized carbons (Fsp3) is 0.626. The van der Waals surface area contributed by atoms with Gasteiger partial charge < -0.3 is 117 Å². The van der Waals surface area contributed by atoms with Gasteiger partial charge in [-0.1, -0.05) is 36.4 Å². The van der Waals surface area contributed by atoms with Gasteiger partial charge in [0.2, 0.25) is 18.3 Å². The first-order valence-electron chi connectivity index (χ1n) is 46.9. The number of aliphatic hydroxyl groups is 6. The Balaban J connectivity index is 0.000000171. The van der Waals surface area contributed by atoms with E-state index in [0.29, 0.717) is 80.0 Å². The second-order valence-electron chi connectivity index (χ2n) is 41.5. The van der Waals surface area contributed by atoms with Crippen LogP contribution in [0, 0.1) is 0 Å². The zero-order valence-corrected chi connectivity index (χ0v) is 83.2. The third-order valence-electron chi connectivity index (χ3n) is 27.6. The molecule has 0 radical (unpaired) electrons. The molecule has 0 aromatic heterocycles. The van der Waals surface area contributed by atoms with Crippen molar-refractivity contribution in [1.82, 2.24) is 19.8 Å². The highest BCUT2D eigenvalue weighted by molar-refractivity contribution is 6.40. The van der Waals surface area contributed by atoms with Crippen molar-refractivity contribution >= 4 is 112 Å². The number of likely N-dealkylation sites (N-methyl/N-ethyl adjacent to an activating group) is 3. The van der Waals surface area contributed by atoms with Gasteiger partial charge in [-0.3, -0.25) is 57.5 Å². The van der Waals surface area contributed by atoms with E-state index < -0.39 is 214 Å². The van der Waals surface area contributed by atoms with E-state index >= 15 is 0 Å². The summed E-state index contributed by atoms with van der Waals surface area (Å²) in [5, 5.41) is 84.6. The normalized spacial score (nSPS) is 26.9. The van der Waals surface area contributed by atoms with Gasteiger partial charge >= 0.3 is 71.6 Å². The van der Waals surface area contributed by atoms with Crippen molar-refractivity contribution in [3.8, 4) is 17.2 Å². The Morgan fingerprint density at radius 2 is 0.723 bits per heavy atom. The van der Waals surface area contributed by atoms with Gasteiger partial charge in [0.1, 0.15) is 51.2 Å². The minimum absolute atomic E-state index is 0.0221. The molecule has 3 aromatic carbocycles. The number of nitrogens with zero attached hydrogens (tertiary/aromatic N) is 4. The lowest BCUT2D eigenvalue weighted by atomic mass is 9.49. The number of ketones is 1. The third-order valence-corrected chi connectivity index (χ3v) is 27.6. The molecule has 1 saturated carbocycles. The van der Waals surface area contributed by atoms with Crippen molar-refractivity contribution in [3.05, 3.63) is 110 Å². The summed E-state index contributed by atoms with van der Waals surface area (Å²) in [5.74, 6) is -11.6. The molecule has 6 bridgehead atoms. The number of Topliss-reactive ketones (excluding diaryl/α,β-unsaturated/α-hetero) is 1. The zero-order valence-electron chi connectivity index (χ0n) is 81.7. The van der Waals surface area contributed by atoms with E-state index in [2.05, 4.69) is 21.7 Å². The Hall–Kier alpha value is -10.8. The smallest absolute Gasteiger partial charge is 0.374 e. The van der Waals surface area contributed by atoms with E-state index in [9.17, 15) is 108 Å². The van der Waals surface area contributed by atoms with Crippen LogP contribution in [-0.4, -0.2) is 290 Å². The summed E-state index contributed by atoms with van der Waals surface area (Å²) in [6.45, 7) is 21.4. The molecule has 15 atom stereocenters. The minimum atomic E-state index is -1.81. The first-order chi connectivity index (χ1) is 65.9. The van der Waals surface area contributed by atoms with Gasteiger partial charge in [-0.25, -0.2) is 14.4 Å². The molecular formula is C99H126Cl2N4O36. The van der Waals surface area contributed by atoms with Crippen LogP contribution >= 0.6 is 23.2 Å². The van der Waals surface area contributed by atoms with E-state index in [4.69, 9.17) is 90.0 Å². The number of carbonyl (C=O) groups is 15. The highest BCUT2D eigenvalue weighted by Crippen LogP contribution is 2.68. The number of rotatable bonds is 27. The number of likely N-dealkylation sites (tertiary alicyclic amines) is 3. The van der Waals surface area contributed by atoms with Gasteiger partial charge in [-0.05, 0) is 198 Å². The summed E-state index contributed by atoms with van der Waals surface area (Å²) in [5.41, 5.74) is -1.58. The van der Waals surface area contributed by atoms with E-state index in [-0.39, 0.29) is 111 Å². The average Bonchev–Trinajstić information content (AvgIpc) is 1.53. The molecule has 8 N–H and O–H groups in total. The van der Waals surface area contributed by atoms with Crippen molar-refractivity contribution < 1.29 is 174 Å². The fourth-order valence-corrected chi connectivity index (χ4v) is 22.0. The summed E-state index contributed by atoms with van der Waals surface area (Å²) in [7, 11) is 5.99. The summed E-state index contributed by atoms with van der Waals surface area (Å²) < 4.78 is 66.7. The molecule has 7 heterocycles. The molecule has 4 saturated heterocycles. The van der Waals surface area contributed by atoms with Crippen LogP contribution < -0.4 is 14.2 Å². The molecule has 3 aromatic rings. The fourth-order valence-electron chi connectivity index (χ4n) is 22.0. The van der Waals surface area contributed by atoms with Crippen LogP contribution in [0.15, 0.2) is 60.1 Å². The molecule has 0 unspecified atom stereocenters. The Morgan fingerprint density at radius 3 is 1.06 bits per heavy atom. The molecular weight excluding hydrogens is 1890 g/mol. The standard InChI is InChI=1S/C34H45NO11.C26H29NO11.C20H29NO10.C18H21NO4.CH2Cl2/c1-31(2,3)45-25(38)11-10-24(37)42-22(17-26(39)46-32(4,5)6)30(40)43-21-12-13-34(41)23-16-19-8-9-20(18-36)28-27(19)33(34,29(21)44-28)14-15-35(23)7;1-27-9-8-25-21-13-2-3-14(12-28)22(21)38-23(25)15(6-7-26(25,35)17(27)10-13)37-24(34)16(11-19(31)32)36-20(33)5-4-18(29)30;1-19(2,3)29-16(25)10-9-15(24)28-12(11-17(26)30-20(4,5)6)18(27)31-21-13(22)7-8-14(21)23;1-19-7-6-17-14-10-2-3-11(9-20)15(14)23-16(17)12(21)4-5-18(17,22)13(19)8-10;2-1-3/h8-9,12,22-23,29,36,41H,10-11,13-18H2,1-7H3;2-3,6,16-17,23,28,35H,4-5,7-12H2,1H3,(H,29,30)(H,31,32);12H,7-11H2,1-6H3;2-3,13,16,20,22H,4-9H2,1H3;1H2/t22-,23+,29-,33-,34+;16-,17+,23-,25-,26+;12-;13-,16+,17+,18-;/m0001./s1. The number of imide groups is 1. The highest BCUT2D eigenvalue weighted by atomic mass is 35.5. The maximum absolute atomic E-state index is 13.7. The predicted molar refractivity (Wildman–Crippen MR) is 490 cm³/mol. The van der Waals surface area contributed by atoms with E-state index in [1.54, 1.807) is 101 Å².